The van der Waals surface area contributed by atoms with Gasteiger partial charge in [-0.3, -0.25) is 4.90 Å². The standard InChI is InChI=1S/C15H26N2O/c1-3-12-5-6-13(10-16)15(9-12)17-7-8-18-11-14(17)4-2/h12-15H,3-9,11H2,1-2H3. The molecule has 4 atom stereocenters. The molecule has 1 aliphatic carbocycles. The van der Waals surface area contributed by atoms with Crippen LogP contribution < -0.4 is 0 Å². The summed E-state index contributed by atoms with van der Waals surface area (Å²) in [6.45, 7) is 7.21. The minimum Gasteiger partial charge on any atom is -0.378 e. The van der Waals surface area contributed by atoms with E-state index in [0.717, 1.165) is 38.5 Å². The fraction of sp³-hybridized carbons (Fsp3) is 0.933. The third kappa shape index (κ3) is 2.87. The summed E-state index contributed by atoms with van der Waals surface area (Å²) in [6, 6.07) is 3.56. The van der Waals surface area contributed by atoms with Crippen molar-refractivity contribution in [3.05, 3.63) is 0 Å². The molecule has 0 radical (unpaired) electrons. The number of rotatable bonds is 3. The van der Waals surface area contributed by atoms with Gasteiger partial charge in [0.05, 0.1) is 25.2 Å². The van der Waals surface area contributed by atoms with E-state index in [1.54, 1.807) is 0 Å². The van der Waals surface area contributed by atoms with Crippen molar-refractivity contribution in [3.63, 3.8) is 0 Å². The highest BCUT2D eigenvalue weighted by molar-refractivity contribution is 4.99. The molecule has 0 amide bonds. The molecule has 18 heavy (non-hydrogen) atoms. The van der Waals surface area contributed by atoms with E-state index >= 15 is 0 Å². The van der Waals surface area contributed by atoms with Gasteiger partial charge in [0.15, 0.2) is 0 Å². The van der Waals surface area contributed by atoms with Crippen molar-refractivity contribution >= 4 is 0 Å². The summed E-state index contributed by atoms with van der Waals surface area (Å²) in [5, 5.41) is 9.40. The molecule has 102 valence electrons. The van der Waals surface area contributed by atoms with Crippen molar-refractivity contribution in [2.75, 3.05) is 19.8 Å². The summed E-state index contributed by atoms with van der Waals surface area (Å²) < 4.78 is 5.59. The number of hydrogen-bond donors (Lipinski definition) is 0. The predicted molar refractivity (Wildman–Crippen MR) is 72.1 cm³/mol. The highest BCUT2D eigenvalue weighted by atomic mass is 16.5. The molecule has 2 rings (SSSR count). The molecule has 3 heteroatoms. The van der Waals surface area contributed by atoms with E-state index in [1.165, 1.54) is 19.3 Å². The number of ether oxygens (including phenoxy) is 1. The van der Waals surface area contributed by atoms with Gasteiger partial charge in [-0.1, -0.05) is 20.3 Å². The van der Waals surface area contributed by atoms with E-state index in [4.69, 9.17) is 4.74 Å². The third-order valence-electron chi connectivity index (χ3n) is 4.84. The molecule has 1 saturated heterocycles. The van der Waals surface area contributed by atoms with Gasteiger partial charge in [0.2, 0.25) is 0 Å². The van der Waals surface area contributed by atoms with Crippen LogP contribution in [0.2, 0.25) is 0 Å². The van der Waals surface area contributed by atoms with Crippen molar-refractivity contribution in [2.24, 2.45) is 11.8 Å². The number of hydrogen-bond acceptors (Lipinski definition) is 3. The van der Waals surface area contributed by atoms with Gasteiger partial charge in [-0.15, -0.1) is 0 Å². The first-order valence-corrected chi connectivity index (χ1v) is 7.53. The predicted octanol–water partition coefficient (Wildman–Crippen LogP) is 2.82. The molecule has 0 bridgehead atoms. The Morgan fingerprint density at radius 1 is 1.28 bits per heavy atom. The van der Waals surface area contributed by atoms with Crippen LogP contribution in [0.5, 0.6) is 0 Å². The molecule has 1 aliphatic heterocycles. The minimum atomic E-state index is 0.236. The lowest BCUT2D eigenvalue weighted by Gasteiger charge is -2.45. The molecule has 1 heterocycles. The first-order valence-electron chi connectivity index (χ1n) is 7.53. The second-order valence-corrected chi connectivity index (χ2v) is 5.77. The Morgan fingerprint density at radius 3 is 2.78 bits per heavy atom. The summed E-state index contributed by atoms with van der Waals surface area (Å²) in [5.41, 5.74) is 0. The Bertz CT molecular complexity index is 299. The Kier molecular flexibility index (Phi) is 5.03. The number of nitriles is 1. The van der Waals surface area contributed by atoms with Crippen LogP contribution in [0, 0.1) is 23.2 Å². The van der Waals surface area contributed by atoms with Gasteiger partial charge in [-0.25, -0.2) is 0 Å². The Hall–Kier alpha value is -0.590. The van der Waals surface area contributed by atoms with Gasteiger partial charge >= 0.3 is 0 Å². The van der Waals surface area contributed by atoms with Crippen LogP contribution in [0.1, 0.15) is 46.0 Å². The van der Waals surface area contributed by atoms with E-state index in [0.29, 0.717) is 12.1 Å². The molecule has 2 aliphatic rings. The third-order valence-corrected chi connectivity index (χ3v) is 4.84. The maximum absolute atomic E-state index is 9.40. The van der Waals surface area contributed by atoms with Gasteiger partial charge < -0.3 is 4.74 Å². The maximum Gasteiger partial charge on any atom is 0.0672 e. The van der Waals surface area contributed by atoms with Crippen molar-refractivity contribution in [1.29, 1.82) is 5.26 Å². The Labute approximate surface area is 111 Å². The van der Waals surface area contributed by atoms with Crippen molar-refractivity contribution in [1.82, 2.24) is 4.90 Å². The van der Waals surface area contributed by atoms with Crippen LogP contribution in [0.4, 0.5) is 0 Å². The first kappa shape index (κ1) is 13.8. The fourth-order valence-corrected chi connectivity index (χ4v) is 3.58. The van der Waals surface area contributed by atoms with Crippen molar-refractivity contribution in [2.45, 2.75) is 58.0 Å². The zero-order valence-corrected chi connectivity index (χ0v) is 11.8. The number of nitrogens with zero attached hydrogens (tertiary/aromatic N) is 2. The topological polar surface area (TPSA) is 36.3 Å². The van der Waals surface area contributed by atoms with Gasteiger partial charge in [0, 0.05) is 18.6 Å². The van der Waals surface area contributed by atoms with Gasteiger partial charge in [0.25, 0.3) is 0 Å². The average Bonchev–Trinajstić information content (AvgIpc) is 2.46. The number of morpholine rings is 1. The SMILES string of the molecule is CCC1CCC(C#N)C(N2CCOCC2CC)C1. The summed E-state index contributed by atoms with van der Waals surface area (Å²) in [7, 11) is 0. The Balaban J connectivity index is 2.08. The molecular weight excluding hydrogens is 224 g/mol. The molecule has 0 aromatic rings. The maximum atomic E-state index is 9.40. The first-order chi connectivity index (χ1) is 8.80. The summed E-state index contributed by atoms with van der Waals surface area (Å²) >= 11 is 0. The zero-order chi connectivity index (χ0) is 13.0. The van der Waals surface area contributed by atoms with E-state index in [1.807, 2.05) is 0 Å². The lowest BCUT2D eigenvalue weighted by atomic mass is 9.76. The quantitative estimate of drug-likeness (QED) is 0.773. The highest BCUT2D eigenvalue weighted by Crippen LogP contribution is 2.35. The lowest BCUT2D eigenvalue weighted by molar-refractivity contribution is -0.0499. The lowest BCUT2D eigenvalue weighted by Crippen LogP contribution is -2.54. The second kappa shape index (κ2) is 6.54. The normalized spacial score (nSPS) is 38.3. The monoisotopic (exact) mass is 250 g/mol. The van der Waals surface area contributed by atoms with Crippen LogP contribution in [0.3, 0.4) is 0 Å². The molecule has 2 fully saturated rings. The van der Waals surface area contributed by atoms with Crippen LogP contribution >= 0.6 is 0 Å². The largest absolute Gasteiger partial charge is 0.378 e. The van der Waals surface area contributed by atoms with Crippen LogP contribution in [-0.2, 0) is 4.74 Å². The van der Waals surface area contributed by atoms with Gasteiger partial charge in [0.1, 0.15) is 0 Å². The van der Waals surface area contributed by atoms with Crippen LogP contribution in [0.25, 0.3) is 0 Å². The van der Waals surface area contributed by atoms with Crippen LogP contribution in [0.15, 0.2) is 0 Å². The molecule has 4 unspecified atom stereocenters. The molecule has 0 aromatic carbocycles. The molecular formula is C15H26N2O. The molecule has 0 aromatic heterocycles. The average molecular weight is 250 g/mol. The smallest absolute Gasteiger partial charge is 0.0672 e. The summed E-state index contributed by atoms with van der Waals surface area (Å²) in [5.74, 6) is 1.06. The van der Waals surface area contributed by atoms with Crippen molar-refractivity contribution in [3.8, 4) is 6.07 Å². The van der Waals surface area contributed by atoms with E-state index in [-0.39, 0.29) is 5.92 Å². The summed E-state index contributed by atoms with van der Waals surface area (Å²) in [6.07, 6.45) is 5.94. The molecule has 0 N–H and O–H groups in total. The summed E-state index contributed by atoms with van der Waals surface area (Å²) in [4.78, 5) is 2.58. The van der Waals surface area contributed by atoms with Crippen LogP contribution in [-0.4, -0.2) is 36.7 Å². The highest BCUT2D eigenvalue weighted by Gasteiger charge is 2.37. The minimum absolute atomic E-state index is 0.236. The molecule has 0 spiro atoms. The Morgan fingerprint density at radius 2 is 2.11 bits per heavy atom. The van der Waals surface area contributed by atoms with E-state index in [2.05, 4.69) is 24.8 Å². The molecule has 3 nitrogen and oxygen atoms in total. The molecule has 1 saturated carbocycles. The zero-order valence-electron chi connectivity index (χ0n) is 11.8. The van der Waals surface area contributed by atoms with Gasteiger partial charge in [-0.05, 0) is 31.6 Å². The fourth-order valence-electron chi connectivity index (χ4n) is 3.58. The van der Waals surface area contributed by atoms with E-state index in [9.17, 15) is 5.26 Å². The second-order valence-electron chi connectivity index (χ2n) is 5.77. The van der Waals surface area contributed by atoms with E-state index < -0.39 is 0 Å². The van der Waals surface area contributed by atoms with Gasteiger partial charge in [-0.2, -0.15) is 5.26 Å². The van der Waals surface area contributed by atoms with Crippen molar-refractivity contribution < 1.29 is 4.74 Å².